The van der Waals surface area contributed by atoms with Gasteiger partial charge in [0.05, 0.1) is 24.8 Å². The highest BCUT2D eigenvalue weighted by molar-refractivity contribution is 5.81. The van der Waals surface area contributed by atoms with Gasteiger partial charge >= 0.3 is 5.97 Å². The lowest BCUT2D eigenvalue weighted by Gasteiger charge is -2.14. The molecule has 0 amide bonds. The van der Waals surface area contributed by atoms with Crippen molar-refractivity contribution in [1.82, 2.24) is 0 Å². The molecule has 0 radical (unpaired) electrons. The SMILES string of the molecule is C=CC(=O)OCCCCCCOc1ccc(C(O)Oc2ccc(C#N)cc2)cc1. The van der Waals surface area contributed by atoms with Crippen molar-refractivity contribution in [2.75, 3.05) is 13.2 Å². The number of carbonyl (C=O) groups excluding carboxylic acids is 1. The Morgan fingerprint density at radius 1 is 1.00 bits per heavy atom. The van der Waals surface area contributed by atoms with Crippen molar-refractivity contribution in [3.05, 3.63) is 72.3 Å². The zero-order valence-corrected chi connectivity index (χ0v) is 16.3. The van der Waals surface area contributed by atoms with Crippen LogP contribution in [0.2, 0.25) is 0 Å². The minimum absolute atomic E-state index is 0.385. The molecule has 1 atom stereocenters. The molecule has 0 saturated heterocycles. The Kier molecular flexibility index (Phi) is 9.26. The average Bonchev–Trinajstić information content (AvgIpc) is 2.76. The molecule has 1 unspecified atom stereocenters. The van der Waals surface area contributed by atoms with Gasteiger partial charge in [-0.2, -0.15) is 5.26 Å². The first-order chi connectivity index (χ1) is 14.1. The number of unbranched alkanes of at least 4 members (excludes halogenated alkanes) is 3. The zero-order valence-electron chi connectivity index (χ0n) is 16.3. The maximum Gasteiger partial charge on any atom is 0.330 e. The topological polar surface area (TPSA) is 88.8 Å². The second-order valence-corrected chi connectivity index (χ2v) is 6.31. The van der Waals surface area contributed by atoms with E-state index in [-0.39, 0.29) is 5.97 Å². The molecule has 6 nitrogen and oxygen atoms in total. The molecule has 152 valence electrons. The molecule has 0 aliphatic carbocycles. The van der Waals surface area contributed by atoms with Gasteiger partial charge in [-0.15, -0.1) is 0 Å². The van der Waals surface area contributed by atoms with E-state index in [9.17, 15) is 9.90 Å². The molecule has 0 aliphatic heterocycles. The molecule has 6 heteroatoms. The number of aliphatic hydroxyl groups is 1. The monoisotopic (exact) mass is 395 g/mol. The first-order valence-electron chi connectivity index (χ1n) is 9.49. The molecular weight excluding hydrogens is 370 g/mol. The molecule has 2 aromatic rings. The van der Waals surface area contributed by atoms with Crippen LogP contribution in [0.3, 0.4) is 0 Å². The molecule has 29 heavy (non-hydrogen) atoms. The number of ether oxygens (including phenoxy) is 3. The van der Waals surface area contributed by atoms with Gasteiger partial charge < -0.3 is 19.3 Å². The fourth-order valence-corrected chi connectivity index (χ4v) is 2.51. The molecule has 2 aromatic carbocycles. The number of nitriles is 1. The van der Waals surface area contributed by atoms with Gasteiger partial charge in [-0.1, -0.05) is 6.58 Å². The van der Waals surface area contributed by atoms with E-state index >= 15 is 0 Å². The number of nitrogens with zero attached hydrogens (tertiary/aromatic N) is 1. The Bertz CT molecular complexity index is 809. The standard InChI is InChI=1S/C23H25NO5/c1-2-22(25)28-16-6-4-3-5-15-27-20-13-9-19(10-14-20)23(26)29-21-11-7-18(17-24)8-12-21/h2,7-14,23,26H,1,3-6,15-16H2. The molecule has 2 rings (SSSR count). The van der Waals surface area contributed by atoms with Gasteiger partial charge in [0.15, 0.2) is 0 Å². The third kappa shape index (κ3) is 8.08. The van der Waals surface area contributed by atoms with E-state index in [1.807, 2.05) is 6.07 Å². The van der Waals surface area contributed by atoms with E-state index in [0.717, 1.165) is 37.5 Å². The number of hydrogen-bond acceptors (Lipinski definition) is 6. The van der Waals surface area contributed by atoms with Crippen molar-refractivity contribution in [3.63, 3.8) is 0 Å². The second kappa shape index (κ2) is 12.2. The molecule has 0 spiro atoms. The van der Waals surface area contributed by atoms with E-state index in [2.05, 4.69) is 6.58 Å². The molecule has 1 N–H and O–H groups in total. The van der Waals surface area contributed by atoms with Crippen LogP contribution in [0, 0.1) is 11.3 Å². The van der Waals surface area contributed by atoms with E-state index < -0.39 is 6.29 Å². The van der Waals surface area contributed by atoms with Crippen LogP contribution in [0.5, 0.6) is 11.5 Å². The van der Waals surface area contributed by atoms with Gasteiger partial charge in [0, 0.05) is 11.6 Å². The van der Waals surface area contributed by atoms with Gasteiger partial charge in [0.1, 0.15) is 11.5 Å². The summed E-state index contributed by atoms with van der Waals surface area (Å²) in [5, 5.41) is 19.0. The average molecular weight is 395 g/mol. The largest absolute Gasteiger partial charge is 0.494 e. The van der Waals surface area contributed by atoms with E-state index in [1.54, 1.807) is 48.5 Å². The van der Waals surface area contributed by atoms with Crippen LogP contribution in [0.4, 0.5) is 0 Å². The first-order valence-corrected chi connectivity index (χ1v) is 9.49. The van der Waals surface area contributed by atoms with Crippen molar-refractivity contribution in [3.8, 4) is 17.6 Å². The first kappa shape index (κ1) is 22.0. The third-order valence-corrected chi connectivity index (χ3v) is 4.11. The van der Waals surface area contributed by atoms with Crippen molar-refractivity contribution in [1.29, 1.82) is 5.26 Å². The molecular formula is C23H25NO5. The summed E-state index contributed by atoms with van der Waals surface area (Å²) in [6.07, 6.45) is 3.74. The molecule has 0 saturated carbocycles. The predicted octanol–water partition coefficient (Wildman–Crippen LogP) is 4.30. The van der Waals surface area contributed by atoms with Crippen LogP contribution in [0.1, 0.15) is 43.1 Å². The Labute approximate surface area is 171 Å². The van der Waals surface area contributed by atoms with Crippen LogP contribution in [0.25, 0.3) is 0 Å². The lowest BCUT2D eigenvalue weighted by Crippen LogP contribution is -2.06. The number of aliphatic hydroxyl groups excluding tert-OH is 1. The number of benzene rings is 2. The minimum Gasteiger partial charge on any atom is -0.494 e. The van der Waals surface area contributed by atoms with Crippen LogP contribution in [-0.2, 0) is 9.53 Å². The van der Waals surface area contributed by atoms with Crippen LogP contribution in [-0.4, -0.2) is 24.3 Å². The molecule has 0 aromatic heterocycles. The summed E-state index contributed by atoms with van der Waals surface area (Å²) in [5.74, 6) is 0.819. The molecule has 0 aliphatic rings. The molecule has 0 heterocycles. The Hall–Kier alpha value is -3.30. The van der Waals surface area contributed by atoms with Gasteiger partial charge in [-0.3, -0.25) is 0 Å². The third-order valence-electron chi connectivity index (χ3n) is 4.11. The lowest BCUT2D eigenvalue weighted by atomic mass is 10.2. The maximum absolute atomic E-state index is 10.9. The highest BCUT2D eigenvalue weighted by Crippen LogP contribution is 2.22. The van der Waals surface area contributed by atoms with E-state index in [1.165, 1.54) is 0 Å². The predicted molar refractivity (Wildman–Crippen MR) is 108 cm³/mol. The number of carbonyl (C=O) groups is 1. The van der Waals surface area contributed by atoms with Crippen molar-refractivity contribution < 1.29 is 24.1 Å². The van der Waals surface area contributed by atoms with Crippen LogP contribution < -0.4 is 9.47 Å². The molecule has 0 fully saturated rings. The quantitative estimate of drug-likeness (QED) is 0.249. The normalized spacial score (nSPS) is 11.2. The summed E-state index contributed by atoms with van der Waals surface area (Å²) >= 11 is 0. The highest BCUT2D eigenvalue weighted by Gasteiger charge is 2.09. The van der Waals surface area contributed by atoms with Gasteiger partial charge in [-0.25, -0.2) is 4.79 Å². The van der Waals surface area contributed by atoms with Crippen molar-refractivity contribution in [2.45, 2.75) is 32.0 Å². The minimum atomic E-state index is -1.10. The summed E-state index contributed by atoms with van der Waals surface area (Å²) in [6.45, 7) is 4.36. The van der Waals surface area contributed by atoms with E-state index in [4.69, 9.17) is 19.5 Å². The van der Waals surface area contributed by atoms with Gasteiger partial charge in [0.25, 0.3) is 0 Å². The number of esters is 1. The Morgan fingerprint density at radius 2 is 1.62 bits per heavy atom. The maximum atomic E-state index is 10.9. The van der Waals surface area contributed by atoms with E-state index in [0.29, 0.717) is 30.1 Å². The smallest absolute Gasteiger partial charge is 0.330 e. The summed E-state index contributed by atoms with van der Waals surface area (Å²) in [4.78, 5) is 10.9. The van der Waals surface area contributed by atoms with Gasteiger partial charge in [0.2, 0.25) is 6.29 Å². The van der Waals surface area contributed by atoms with Crippen molar-refractivity contribution >= 4 is 5.97 Å². The highest BCUT2D eigenvalue weighted by atomic mass is 16.6. The summed E-state index contributed by atoms with van der Waals surface area (Å²) in [7, 11) is 0. The fourth-order valence-electron chi connectivity index (χ4n) is 2.51. The summed E-state index contributed by atoms with van der Waals surface area (Å²) < 4.78 is 16.1. The summed E-state index contributed by atoms with van der Waals surface area (Å²) in [6, 6.07) is 15.6. The zero-order chi connectivity index (χ0) is 20.9. The fraction of sp³-hybridized carbons (Fsp3) is 0.304. The lowest BCUT2D eigenvalue weighted by molar-refractivity contribution is -0.137. The van der Waals surface area contributed by atoms with Gasteiger partial charge in [-0.05, 0) is 74.2 Å². The Balaban J connectivity index is 1.65. The summed E-state index contributed by atoms with van der Waals surface area (Å²) in [5.41, 5.74) is 1.14. The van der Waals surface area contributed by atoms with Crippen LogP contribution in [0.15, 0.2) is 61.2 Å². The van der Waals surface area contributed by atoms with Crippen LogP contribution >= 0.6 is 0 Å². The number of rotatable bonds is 12. The van der Waals surface area contributed by atoms with Crippen molar-refractivity contribution in [2.24, 2.45) is 0 Å². The number of hydrogen-bond donors (Lipinski definition) is 1. The Morgan fingerprint density at radius 3 is 2.24 bits per heavy atom. The molecule has 0 bridgehead atoms. The second-order valence-electron chi connectivity index (χ2n) is 6.31.